The van der Waals surface area contributed by atoms with E-state index in [0.29, 0.717) is 37.9 Å². The van der Waals surface area contributed by atoms with E-state index >= 15 is 0 Å². The number of fused-ring (bicyclic) bond motifs is 1. The summed E-state index contributed by atoms with van der Waals surface area (Å²) in [4.78, 5) is 26.4. The Morgan fingerprint density at radius 3 is 2.61 bits per heavy atom. The summed E-state index contributed by atoms with van der Waals surface area (Å²) < 4.78 is 6.35. The summed E-state index contributed by atoms with van der Waals surface area (Å²) in [6, 6.07) is 3.85. The van der Waals surface area contributed by atoms with Gasteiger partial charge < -0.3 is 9.64 Å². The molecular weight excluding hydrogens is 290 g/mol. The van der Waals surface area contributed by atoms with Crippen molar-refractivity contribution in [3.8, 4) is 5.75 Å². The van der Waals surface area contributed by atoms with Crippen LogP contribution in [-0.2, 0) is 4.79 Å². The van der Waals surface area contributed by atoms with Gasteiger partial charge in [0.05, 0.1) is 12.0 Å². The number of rotatable bonds is 1. The smallest absolute Gasteiger partial charge is 0.246 e. The van der Waals surface area contributed by atoms with E-state index in [2.05, 4.69) is 0 Å². The molecule has 0 saturated carbocycles. The number of benzene rings is 1. The first-order chi connectivity index (χ1) is 11.0. The van der Waals surface area contributed by atoms with Crippen LogP contribution >= 0.6 is 0 Å². The van der Waals surface area contributed by atoms with Gasteiger partial charge in [-0.3, -0.25) is 9.59 Å². The summed E-state index contributed by atoms with van der Waals surface area (Å²) >= 11 is 0. The van der Waals surface area contributed by atoms with Crippen LogP contribution in [0.5, 0.6) is 5.75 Å². The van der Waals surface area contributed by atoms with E-state index in [1.165, 1.54) is 0 Å². The van der Waals surface area contributed by atoms with Crippen LogP contribution in [-0.4, -0.2) is 35.3 Å². The van der Waals surface area contributed by atoms with Crippen molar-refractivity contribution in [3.63, 3.8) is 0 Å². The van der Waals surface area contributed by atoms with Crippen molar-refractivity contribution in [2.24, 2.45) is 0 Å². The molecule has 1 aromatic rings. The van der Waals surface area contributed by atoms with Gasteiger partial charge in [-0.2, -0.15) is 0 Å². The lowest BCUT2D eigenvalue weighted by Crippen LogP contribution is -2.52. The van der Waals surface area contributed by atoms with E-state index in [-0.39, 0.29) is 11.7 Å². The maximum atomic E-state index is 12.6. The maximum absolute atomic E-state index is 12.6. The molecule has 122 valence electrons. The van der Waals surface area contributed by atoms with E-state index in [1.54, 1.807) is 12.2 Å². The molecule has 0 aliphatic carbocycles. The highest BCUT2D eigenvalue weighted by molar-refractivity contribution is 6.01. The van der Waals surface area contributed by atoms with Gasteiger partial charge in [-0.1, -0.05) is 12.1 Å². The van der Waals surface area contributed by atoms with Gasteiger partial charge in [-0.15, -0.1) is 0 Å². The van der Waals surface area contributed by atoms with Crippen LogP contribution in [0.15, 0.2) is 24.3 Å². The molecule has 0 atom stereocenters. The Labute approximate surface area is 137 Å². The number of Topliss-reactive ketones (excluding diaryl/α,β-unsaturated/α-hetero) is 1. The summed E-state index contributed by atoms with van der Waals surface area (Å²) in [7, 11) is 0. The van der Waals surface area contributed by atoms with E-state index in [1.807, 2.05) is 37.8 Å². The second-order valence-corrected chi connectivity index (χ2v) is 6.59. The van der Waals surface area contributed by atoms with E-state index < -0.39 is 5.60 Å². The predicted octanol–water partition coefficient (Wildman–Crippen LogP) is 3.21. The number of amides is 1. The summed E-state index contributed by atoms with van der Waals surface area (Å²) in [6.45, 7) is 7.15. The lowest BCUT2D eigenvalue weighted by molar-refractivity contribution is -0.129. The second-order valence-electron chi connectivity index (χ2n) is 6.59. The summed E-state index contributed by atoms with van der Waals surface area (Å²) in [5.41, 5.74) is 2.43. The van der Waals surface area contributed by atoms with E-state index in [4.69, 9.17) is 4.74 Å². The average Bonchev–Trinajstić information content (AvgIpc) is 2.52. The number of hydrogen-bond acceptors (Lipinski definition) is 3. The molecule has 1 fully saturated rings. The minimum Gasteiger partial charge on any atom is -0.486 e. The zero-order valence-electron chi connectivity index (χ0n) is 14.0. The van der Waals surface area contributed by atoms with E-state index in [0.717, 1.165) is 16.9 Å². The number of nitrogens with zero attached hydrogens (tertiary/aromatic N) is 1. The van der Waals surface area contributed by atoms with Gasteiger partial charge in [0.15, 0.2) is 5.78 Å². The van der Waals surface area contributed by atoms with Gasteiger partial charge in [0.2, 0.25) is 5.91 Å². The monoisotopic (exact) mass is 313 g/mol. The van der Waals surface area contributed by atoms with Crippen molar-refractivity contribution in [1.82, 2.24) is 4.90 Å². The van der Waals surface area contributed by atoms with Crippen molar-refractivity contribution in [2.45, 2.75) is 45.6 Å². The minimum absolute atomic E-state index is 0.0388. The number of ether oxygens (including phenoxy) is 1. The molecule has 1 spiro atoms. The van der Waals surface area contributed by atoms with Gasteiger partial charge >= 0.3 is 0 Å². The lowest BCUT2D eigenvalue weighted by atomic mass is 9.81. The van der Waals surface area contributed by atoms with Gasteiger partial charge in [0.25, 0.3) is 0 Å². The number of allylic oxidation sites excluding steroid dienone is 1. The quantitative estimate of drug-likeness (QED) is 0.748. The first kappa shape index (κ1) is 15.8. The Morgan fingerprint density at radius 1 is 1.26 bits per heavy atom. The molecule has 4 nitrogen and oxygen atoms in total. The lowest BCUT2D eigenvalue weighted by Gasteiger charge is -2.44. The zero-order chi connectivity index (χ0) is 16.6. The van der Waals surface area contributed by atoms with Crippen molar-refractivity contribution in [2.75, 3.05) is 13.1 Å². The summed E-state index contributed by atoms with van der Waals surface area (Å²) in [5, 5.41) is 0. The molecule has 4 heteroatoms. The number of aryl methyl sites for hydroxylation is 1. The molecule has 1 amide bonds. The highest BCUT2D eigenvalue weighted by Crippen LogP contribution is 2.41. The molecule has 2 aliphatic rings. The summed E-state index contributed by atoms with van der Waals surface area (Å²) in [5.74, 6) is 0.939. The number of piperidine rings is 1. The van der Waals surface area contributed by atoms with Crippen LogP contribution in [0.1, 0.15) is 47.7 Å². The molecule has 1 aromatic carbocycles. The minimum atomic E-state index is -0.449. The third kappa shape index (κ3) is 2.78. The fraction of sp³-hybridized carbons (Fsp3) is 0.474. The third-order valence-electron chi connectivity index (χ3n) is 5.07. The molecule has 23 heavy (non-hydrogen) atoms. The Kier molecular flexibility index (Phi) is 4.00. The van der Waals surface area contributed by atoms with Crippen LogP contribution < -0.4 is 4.74 Å². The molecule has 3 rings (SSSR count). The van der Waals surface area contributed by atoms with Crippen molar-refractivity contribution in [3.05, 3.63) is 41.0 Å². The SMILES string of the molecule is C/C=C/C(=O)N1CCC2(CC1)CC(=O)c1ccc(C)c(C)c1O2. The van der Waals surface area contributed by atoms with Crippen LogP contribution in [0.2, 0.25) is 0 Å². The molecule has 2 aliphatic heterocycles. The first-order valence-electron chi connectivity index (χ1n) is 8.20. The molecule has 0 aromatic heterocycles. The molecule has 0 N–H and O–H groups in total. The van der Waals surface area contributed by atoms with Gasteiger partial charge in [-0.25, -0.2) is 0 Å². The molecular formula is C19H23NO3. The first-order valence-corrected chi connectivity index (χ1v) is 8.20. The average molecular weight is 313 g/mol. The normalized spacial score (nSPS) is 19.8. The standard InChI is InChI=1S/C19H23NO3/c1-4-5-17(22)20-10-8-19(9-11-20)12-16(21)15-7-6-13(2)14(3)18(15)23-19/h4-7H,8-12H2,1-3H3/b5-4+. The molecule has 1 saturated heterocycles. The van der Waals surface area contributed by atoms with Crippen LogP contribution in [0.25, 0.3) is 0 Å². The third-order valence-corrected chi connectivity index (χ3v) is 5.07. The van der Waals surface area contributed by atoms with Crippen molar-refractivity contribution in [1.29, 1.82) is 0 Å². The Morgan fingerprint density at radius 2 is 1.96 bits per heavy atom. The number of carbonyl (C=O) groups excluding carboxylic acids is 2. The van der Waals surface area contributed by atoms with Gasteiger partial charge in [0, 0.05) is 25.9 Å². The molecule has 0 unspecified atom stereocenters. The fourth-order valence-electron chi connectivity index (χ4n) is 3.44. The van der Waals surface area contributed by atoms with Crippen molar-refractivity contribution < 1.29 is 14.3 Å². The van der Waals surface area contributed by atoms with Crippen molar-refractivity contribution >= 4 is 11.7 Å². The van der Waals surface area contributed by atoms with E-state index in [9.17, 15) is 9.59 Å². The fourth-order valence-corrected chi connectivity index (χ4v) is 3.44. The highest BCUT2D eigenvalue weighted by atomic mass is 16.5. The van der Waals surface area contributed by atoms with Crippen LogP contribution in [0, 0.1) is 13.8 Å². The highest BCUT2D eigenvalue weighted by Gasteiger charge is 2.43. The number of carbonyl (C=O) groups is 2. The molecule has 0 bridgehead atoms. The van der Waals surface area contributed by atoms with Crippen LogP contribution in [0.4, 0.5) is 0 Å². The number of hydrogen-bond donors (Lipinski definition) is 0. The second kappa shape index (κ2) is 5.84. The Balaban J connectivity index is 1.82. The zero-order valence-corrected chi connectivity index (χ0v) is 14.0. The van der Waals surface area contributed by atoms with Crippen LogP contribution in [0.3, 0.4) is 0 Å². The van der Waals surface area contributed by atoms with Gasteiger partial charge in [0.1, 0.15) is 11.4 Å². The topological polar surface area (TPSA) is 46.6 Å². The summed E-state index contributed by atoms with van der Waals surface area (Å²) in [6.07, 6.45) is 5.17. The number of likely N-dealkylation sites (tertiary alicyclic amines) is 1. The largest absolute Gasteiger partial charge is 0.486 e. The molecule has 0 radical (unpaired) electrons. The van der Waals surface area contributed by atoms with Gasteiger partial charge in [-0.05, 0) is 44.0 Å². The maximum Gasteiger partial charge on any atom is 0.246 e. The number of ketones is 1. The molecule has 2 heterocycles. The predicted molar refractivity (Wildman–Crippen MR) is 88.9 cm³/mol. The Bertz CT molecular complexity index is 682. The Hall–Kier alpha value is -2.10.